The van der Waals surface area contributed by atoms with Gasteiger partial charge in [0.25, 0.3) is 0 Å². The minimum atomic E-state index is 0.281. The van der Waals surface area contributed by atoms with Crippen molar-refractivity contribution in [1.29, 1.82) is 0 Å². The standard InChI is InChI=1S/C11H17N5O/c1-14-9(2-3-11(14)17)6-15-7-10(8-15)16-5-4-12-13-16/h4-5,9-10H,2-3,6-8H2,1H3. The molecule has 0 bridgehead atoms. The summed E-state index contributed by atoms with van der Waals surface area (Å²) in [5, 5.41) is 7.82. The Bertz CT molecular complexity index is 398. The Kier molecular flexibility index (Phi) is 2.58. The number of nitrogens with zero attached hydrogens (tertiary/aromatic N) is 5. The Morgan fingerprint density at radius 3 is 2.88 bits per heavy atom. The van der Waals surface area contributed by atoms with Crippen molar-refractivity contribution in [3.63, 3.8) is 0 Å². The highest BCUT2D eigenvalue weighted by Gasteiger charge is 2.34. The van der Waals surface area contributed by atoms with Crippen LogP contribution >= 0.6 is 0 Å². The Morgan fingerprint density at radius 1 is 1.47 bits per heavy atom. The number of likely N-dealkylation sites (N-methyl/N-ethyl adjacent to an activating group) is 1. The fraction of sp³-hybridized carbons (Fsp3) is 0.727. The third-order valence-electron chi connectivity index (χ3n) is 3.85. The van der Waals surface area contributed by atoms with Crippen molar-refractivity contribution in [2.24, 2.45) is 0 Å². The molecule has 3 heterocycles. The number of rotatable bonds is 3. The molecule has 2 aliphatic rings. The van der Waals surface area contributed by atoms with Gasteiger partial charge in [-0.1, -0.05) is 5.21 Å². The lowest BCUT2D eigenvalue weighted by atomic mass is 10.1. The maximum Gasteiger partial charge on any atom is 0.222 e. The fourth-order valence-electron chi connectivity index (χ4n) is 2.65. The summed E-state index contributed by atoms with van der Waals surface area (Å²) in [6, 6.07) is 0.860. The largest absolute Gasteiger partial charge is 0.341 e. The van der Waals surface area contributed by atoms with Crippen molar-refractivity contribution in [3.8, 4) is 0 Å². The van der Waals surface area contributed by atoms with Gasteiger partial charge in [0.1, 0.15) is 0 Å². The molecule has 0 aromatic carbocycles. The Hall–Kier alpha value is -1.43. The van der Waals surface area contributed by atoms with E-state index in [1.54, 1.807) is 6.20 Å². The van der Waals surface area contributed by atoms with Gasteiger partial charge in [-0.25, -0.2) is 4.68 Å². The molecule has 1 unspecified atom stereocenters. The molecule has 1 aromatic rings. The van der Waals surface area contributed by atoms with Crippen LogP contribution in [0.15, 0.2) is 12.4 Å². The lowest BCUT2D eigenvalue weighted by Crippen LogP contribution is -2.52. The lowest BCUT2D eigenvalue weighted by Gasteiger charge is -2.41. The first-order valence-corrected chi connectivity index (χ1v) is 6.08. The summed E-state index contributed by atoms with van der Waals surface area (Å²) in [5.41, 5.74) is 0. The molecule has 0 N–H and O–H groups in total. The zero-order valence-corrected chi connectivity index (χ0v) is 9.99. The first-order chi connectivity index (χ1) is 8.24. The van der Waals surface area contributed by atoms with Gasteiger partial charge in [0.15, 0.2) is 0 Å². The van der Waals surface area contributed by atoms with Gasteiger partial charge >= 0.3 is 0 Å². The smallest absolute Gasteiger partial charge is 0.222 e. The van der Waals surface area contributed by atoms with Crippen LogP contribution in [0.2, 0.25) is 0 Å². The summed E-state index contributed by atoms with van der Waals surface area (Å²) in [7, 11) is 1.91. The van der Waals surface area contributed by atoms with Crippen LogP contribution in [0.3, 0.4) is 0 Å². The Balaban J connectivity index is 1.49. The van der Waals surface area contributed by atoms with E-state index in [2.05, 4.69) is 15.2 Å². The third kappa shape index (κ3) is 1.93. The van der Waals surface area contributed by atoms with Gasteiger partial charge < -0.3 is 4.90 Å². The second-order valence-electron chi connectivity index (χ2n) is 4.95. The molecular weight excluding hydrogens is 218 g/mol. The first-order valence-electron chi connectivity index (χ1n) is 6.08. The van der Waals surface area contributed by atoms with E-state index in [-0.39, 0.29) is 5.91 Å². The van der Waals surface area contributed by atoms with E-state index in [1.807, 2.05) is 22.8 Å². The van der Waals surface area contributed by atoms with Crippen LogP contribution in [-0.4, -0.2) is 63.4 Å². The van der Waals surface area contributed by atoms with E-state index in [9.17, 15) is 4.79 Å². The first kappa shape index (κ1) is 10.7. The normalized spacial score (nSPS) is 26.5. The molecular formula is C11H17N5O. The molecule has 1 amide bonds. The summed E-state index contributed by atoms with van der Waals surface area (Å²) in [5.74, 6) is 0.281. The minimum absolute atomic E-state index is 0.281. The van der Waals surface area contributed by atoms with Crippen LogP contribution in [0.5, 0.6) is 0 Å². The van der Waals surface area contributed by atoms with Crippen LogP contribution in [0.25, 0.3) is 0 Å². The van der Waals surface area contributed by atoms with Crippen molar-refractivity contribution < 1.29 is 4.79 Å². The van der Waals surface area contributed by atoms with Crippen molar-refractivity contribution in [3.05, 3.63) is 12.4 Å². The molecule has 0 radical (unpaired) electrons. The number of likely N-dealkylation sites (tertiary alicyclic amines) is 2. The number of carbonyl (C=O) groups excluding carboxylic acids is 1. The maximum atomic E-state index is 11.4. The van der Waals surface area contributed by atoms with Gasteiger partial charge in [-0.3, -0.25) is 9.69 Å². The predicted molar refractivity (Wildman–Crippen MR) is 61.3 cm³/mol. The van der Waals surface area contributed by atoms with Crippen LogP contribution < -0.4 is 0 Å². The highest BCUT2D eigenvalue weighted by atomic mass is 16.2. The summed E-state index contributed by atoms with van der Waals surface area (Å²) in [6.07, 6.45) is 5.33. The third-order valence-corrected chi connectivity index (χ3v) is 3.85. The van der Waals surface area contributed by atoms with E-state index >= 15 is 0 Å². The molecule has 0 saturated carbocycles. The van der Waals surface area contributed by atoms with Gasteiger partial charge in [0.05, 0.1) is 12.2 Å². The summed E-state index contributed by atoms with van der Waals surface area (Å²) < 4.78 is 1.92. The van der Waals surface area contributed by atoms with E-state index < -0.39 is 0 Å². The topological polar surface area (TPSA) is 54.3 Å². The van der Waals surface area contributed by atoms with Crippen molar-refractivity contribution in [1.82, 2.24) is 24.8 Å². The highest BCUT2D eigenvalue weighted by Crippen LogP contribution is 2.24. The molecule has 2 aliphatic heterocycles. The molecule has 6 nitrogen and oxygen atoms in total. The number of amides is 1. The molecule has 1 aromatic heterocycles. The maximum absolute atomic E-state index is 11.4. The number of hydrogen-bond acceptors (Lipinski definition) is 4. The summed E-state index contributed by atoms with van der Waals surface area (Å²) >= 11 is 0. The summed E-state index contributed by atoms with van der Waals surface area (Å²) in [6.45, 7) is 3.03. The molecule has 92 valence electrons. The summed E-state index contributed by atoms with van der Waals surface area (Å²) in [4.78, 5) is 15.7. The number of hydrogen-bond donors (Lipinski definition) is 0. The van der Waals surface area contributed by atoms with Crippen molar-refractivity contribution in [2.75, 3.05) is 26.7 Å². The fourth-order valence-corrected chi connectivity index (χ4v) is 2.65. The average molecular weight is 235 g/mol. The quantitative estimate of drug-likeness (QED) is 0.725. The monoisotopic (exact) mass is 235 g/mol. The molecule has 3 rings (SSSR count). The van der Waals surface area contributed by atoms with E-state index in [4.69, 9.17) is 0 Å². The van der Waals surface area contributed by atoms with Crippen molar-refractivity contribution in [2.45, 2.75) is 24.9 Å². The molecule has 1 atom stereocenters. The molecule has 0 aliphatic carbocycles. The molecule has 0 spiro atoms. The van der Waals surface area contributed by atoms with E-state index in [1.165, 1.54) is 0 Å². The van der Waals surface area contributed by atoms with E-state index in [0.29, 0.717) is 18.5 Å². The lowest BCUT2D eigenvalue weighted by molar-refractivity contribution is -0.128. The zero-order chi connectivity index (χ0) is 11.8. The minimum Gasteiger partial charge on any atom is -0.341 e. The molecule has 17 heavy (non-hydrogen) atoms. The number of carbonyl (C=O) groups is 1. The van der Waals surface area contributed by atoms with Crippen LogP contribution in [0, 0.1) is 0 Å². The predicted octanol–water partition coefficient (Wildman–Crippen LogP) is -0.244. The van der Waals surface area contributed by atoms with Gasteiger partial charge in [-0.15, -0.1) is 5.10 Å². The number of aromatic nitrogens is 3. The van der Waals surface area contributed by atoms with Crippen molar-refractivity contribution >= 4 is 5.91 Å². The van der Waals surface area contributed by atoms with Crippen LogP contribution in [0.4, 0.5) is 0 Å². The molecule has 2 saturated heterocycles. The van der Waals surface area contributed by atoms with Crippen LogP contribution in [-0.2, 0) is 4.79 Å². The second kappa shape index (κ2) is 4.10. The van der Waals surface area contributed by atoms with Gasteiger partial charge in [0, 0.05) is 45.3 Å². The average Bonchev–Trinajstić information content (AvgIpc) is 2.86. The van der Waals surface area contributed by atoms with Crippen LogP contribution in [0.1, 0.15) is 18.9 Å². The molecule has 2 fully saturated rings. The Labute approximate surface area is 100 Å². The van der Waals surface area contributed by atoms with Gasteiger partial charge in [-0.05, 0) is 6.42 Å². The van der Waals surface area contributed by atoms with Gasteiger partial charge in [0.2, 0.25) is 5.91 Å². The second-order valence-corrected chi connectivity index (χ2v) is 4.95. The van der Waals surface area contributed by atoms with Gasteiger partial charge in [-0.2, -0.15) is 0 Å². The molecule has 6 heteroatoms. The highest BCUT2D eigenvalue weighted by molar-refractivity contribution is 5.78. The zero-order valence-electron chi connectivity index (χ0n) is 9.99. The SMILES string of the molecule is CN1C(=O)CCC1CN1CC(n2ccnn2)C1. The Morgan fingerprint density at radius 2 is 2.29 bits per heavy atom. The van der Waals surface area contributed by atoms with E-state index in [0.717, 1.165) is 26.1 Å².